The number of pyridine rings is 1. The first-order valence-corrected chi connectivity index (χ1v) is 3.46. The van der Waals surface area contributed by atoms with Crippen molar-refractivity contribution in [3.05, 3.63) is 23.4 Å². The molecule has 0 radical (unpaired) electrons. The van der Waals surface area contributed by atoms with Gasteiger partial charge in [0.15, 0.2) is 0 Å². The fourth-order valence-electron chi connectivity index (χ4n) is 0.831. The van der Waals surface area contributed by atoms with Crippen molar-refractivity contribution in [2.45, 2.75) is 6.43 Å². The molecule has 0 aliphatic rings. The van der Waals surface area contributed by atoms with Crippen molar-refractivity contribution in [1.82, 2.24) is 4.98 Å². The minimum absolute atomic E-state index is 0.0138. The normalized spacial score (nSPS) is 10.2. The van der Waals surface area contributed by atoms with Crippen molar-refractivity contribution in [1.29, 1.82) is 0 Å². The van der Waals surface area contributed by atoms with E-state index in [0.29, 0.717) is 6.29 Å². The van der Waals surface area contributed by atoms with Crippen LogP contribution < -0.4 is 4.74 Å². The molecule has 5 heteroatoms. The van der Waals surface area contributed by atoms with Gasteiger partial charge in [-0.3, -0.25) is 4.79 Å². The van der Waals surface area contributed by atoms with Crippen LogP contribution in [0.1, 0.15) is 22.5 Å². The highest BCUT2D eigenvalue weighted by atomic mass is 19.3. The van der Waals surface area contributed by atoms with E-state index in [0.717, 1.165) is 6.07 Å². The van der Waals surface area contributed by atoms with Gasteiger partial charge in [0.1, 0.15) is 12.0 Å². The van der Waals surface area contributed by atoms with E-state index in [4.69, 9.17) is 0 Å². The molecule has 0 spiro atoms. The van der Waals surface area contributed by atoms with Crippen molar-refractivity contribution in [3.8, 4) is 5.88 Å². The predicted octanol–water partition coefficient (Wildman–Crippen LogP) is 1.84. The van der Waals surface area contributed by atoms with Crippen LogP contribution in [0.3, 0.4) is 0 Å². The maximum Gasteiger partial charge on any atom is 0.280 e. The summed E-state index contributed by atoms with van der Waals surface area (Å²) in [6, 6.07) is 2.32. The van der Waals surface area contributed by atoms with Crippen LogP contribution in [0.4, 0.5) is 8.78 Å². The first kappa shape index (κ1) is 9.57. The smallest absolute Gasteiger partial charge is 0.280 e. The minimum atomic E-state index is -2.70. The summed E-state index contributed by atoms with van der Waals surface area (Å²) in [5.74, 6) is 0.0138. The van der Waals surface area contributed by atoms with Crippen molar-refractivity contribution in [2.75, 3.05) is 7.11 Å². The van der Waals surface area contributed by atoms with Crippen LogP contribution in [0.15, 0.2) is 12.1 Å². The molecule has 1 rings (SSSR count). The molecule has 1 heterocycles. The number of rotatable bonds is 3. The second kappa shape index (κ2) is 3.93. The monoisotopic (exact) mass is 187 g/mol. The van der Waals surface area contributed by atoms with Crippen molar-refractivity contribution >= 4 is 6.29 Å². The van der Waals surface area contributed by atoms with Crippen LogP contribution in [0, 0.1) is 0 Å². The molecule has 0 bridgehead atoms. The lowest BCUT2D eigenvalue weighted by atomic mass is 10.2. The van der Waals surface area contributed by atoms with Gasteiger partial charge in [0.2, 0.25) is 5.88 Å². The van der Waals surface area contributed by atoms with Crippen LogP contribution >= 0.6 is 0 Å². The topological polar surface area (TPSA) is 39.2 Å². The second-order valence-electron chi connectivity index (χ2n) is 2.29. The molecule has 13 heavy (non-hydrogen) atoms. The van der Waals surface area contributed by atoms with Gasteiger partial charge in [-0.15, -0.1) is 0 Å². The van der Waals surface area contributed by atoms with Crippen LogP contribution in [-0.4, -0.2) is 18.4 Å². The van der Waals surface area contributed by atoms with E-state index >= 15 is 0 Å². The van der Waals surface area contributed by atoms with Gasteiger partial charge < -0.3 is 4.74 Å². The maximum atomic E-state index is 12.2. The fourth-order valence-corrected chi connectivity index (χ4v) is 0.831. The Morgan fingerprint density at radius 2 is 2.23 bits per heavy atom. The third-order valence-electron chi connectivity index (χ3n) is 1.41. The number of hydrogen-bond donors (Lipinski definition) is 0. The lowest BCUT2D eigenvalue weighted by molar-refractivity contribution is 0.112. The molecule has 0 saturated heterocycles. The van der Waals surface area contributed by atoms with Gasteiger partial charge in [-0.05, 0) is 6.07 Å². The third kappa shape index (κ3) is 2.21. The van der Waals surface area contributed by atoms with Gasteiger partial charge in [-0.2, -0.15) is 0 Å². The fraction of sp³-hybridized carbons (Fsp3) is 0.250. The predicted molar refractivity (Wildman–Crippen MR) is 41.1 cm³/mol. The number of halogens is 2. The minimum Gasteiger partial charge on any atom is -0.481 e. The molecule has 70 valence electrons. The molecule has 3 nitrogen and oxygen atoms in total. The molecule has 1 aromatic heterocycles. The largest absolute Gasteiger partial charge is 0.481 e. The highest BCUT2D eigenvalue weighted by Crippen LogP contribution is 2.20. The molecule has 0 unspecified atom stereocenters. The summed E-state index contributed by atoms with van der Waals surface area (Å²) in [5, 5.41) is 0. The maximum absolute atomic E-state index is 12.2. The molecule has 0 fully saturated rings. The Kier molecular flexibility index (Phi) is 2.89. The zero-order valence-electron chi connectivity index (χ0n) is 6.83. The molecule has 0 amide bonds. The Morgan fingerprint density at radius 1 is 1.54 bits per heavy atom. The Bertz CT molecular complexity index is 315. The number of carbonyl (C=O) groups excluding carboxylic acids is 1. The number of nitrogens with zero attached hydrogens (tertiary/aromatic N) is 1. The number of hydrogen-bond acceptors (Lipinski definition) is 3. The van der Waals surface area contributed by atoms with Crippen molar-refractivity contribution in [2.24, 2.45) is 0 Å². The summed E-state index contributed by atoms with van der Waals surface area (Å²) < 4.78 is 29.0. The summed E-state index contributed by atoms with van der Waals surface area (Å²) >= 11 is 0. The molecule has 0 aromatic carbocycles. The van der Waals surface area contributed by atoms with E-state index in [-0.39, 0.29) is 11.4 Å². The molecule has 0 atom stereocenters. The SMILES string of the molecule is COc1cc(C=O)cc(C(F)F)n1. The van der Waals surface area contributed by atoms with Gasteiger partial charge in [-0.1, -0.05) is 0 Å². The van der Waals surface area contributed by atoms with E-state index in [1.165, 1.54) is 13.2 Å². The standard InChI is InChI=1S/C8H7F2NO2/c1-13-7-3-5(4-12)2-6(11-7)8(9)10/h2-4,8H,1H3. The number of carbonyl (C=O) groups is 1. The second-order valence-corrected chi connectivity index (χ2v) is 2.29. The van der Waals surface area contributed by atoms with Gasteiger partial charge in [0, 0.05) is 11.6 Å². The highest BCUT2D eigenvalue weighted by Gasteiger charge is 2.11. The number of ether oxygens (including phenoxy) is 1. The zero-order chi connectivity index (χ0) is 9.84. The van der Waals surface area contributed by atoms with E-state index in [1.54, 1.807) is 0 Å². The molecular weight excluding hydrogens is 180 g/mol. The molecule has 0 aliphatic carbocycles. The molecule has 0 aliphatic heterocycles. The van der Waals surface area contributed by atoms with E-state index in [2.05, 4.69) is 9.72 Å². The lowest BCUT2D eigenvalue weighted by Crippen LogP contribution is -1.96. The summed E-state index contributed by atoms with van der Waals surface area (Å²) in [6.07, 6.45) is -2.23. The van der Waals surface area contributed by atoms with Gasteiger partial charge >= 0.3 is 0 Å². The Balaban J connectivity index is 3.14. The molecule has 1 aromatic rings. The third-order valence-corrected chi connectivity index (χ3v) is 1.41. The van der Waals surface area contributed by atoms with Crippen LogP contribution in [0.25, 0.3) is 0 Å². The van der Waals surface area contributed by atoms with E-state index in [9.17, 15) is 13.6 Å². The number of aldehydes is 1. The number of alkyl halides is 2. The average Bonchev–Trinajstić information content (AvgIpc) is 2.16. The van der Waals surface area contributed by atoms with Crippen LogP contribution in [0.2, 0.25) is 0 Å². The Morgan fingerprint density at radius 3 is 2.69 bits per heavy atom. The summed E-state index contributed by atoms with van der Waals surface area (Å²) in [7, 11) is 1.30. The number of aromatic nitrogens is 1. The first-order valence-electron chi connectivity index (χ1n) is 3.46. The van der Waals surface area contributed by atoms with Crippen LogP contribution in [-0.2, 0) is 0 Å². The average molecular weight is 187 g/mol. The quantitative estimate of drug-likeness (QED) is 0.677. The van der Waals surface area contributed by atoms with Gasteiger partial charge in [-0.25, -0.2) is 13.8 Å². The van der Waals surface area contributed by atoms with Crippen molar-refractivity contribution in [3.63, 3.8) is 0 Å². The van der Waals surface area contributed by atoms with Crippen molar-refractivity contribution < 1.29 is 18.3 Å². The van der Waals surface area contributed by atoms with E-state index < -0.39 is 12.1 Å². The van der Waals surface area contributed by atoms with E-state index in [1.807, 2.05) is 0 Å². The summed E-state index contributed by atoms with van der Waals surface area (Å²) in [4.78, 5) is 13.8. The molecule has 0 N–H and O–H groups in total. The Labute approximate surface area is 73.4 Å². The lowest BCUT2D eigenvalue weighted by Gasteiger charge is -2.03. The summed E-state index contributed by atoms with van der Waals surface area (Å²) in [5.41, 5.74) is -0.330. The molecular formula is C8H7F2NO2. The van der Waals surface area contributed by atoms with Gasteiger partial charge in [0.25, 0.3) is 6.43 Å². The van der Waals surface area contributed by atoms with Crippen LogP contribution in [0.5, 0.6) is 5.88 Å². The molecule has 0 saturated carbocycles. The summed E-state index contributed by atoms with van der Waals surface area (Å²) in [6.45, 7) is 0. The zero-order valence-corrected chi connectivity index (χ0v) is 6.83. The first-order chi connectivity index (χ1) is 6.17. The van der Waals surface area contributed by atoms with Gasteiger partial charge in [0.05, 0.1) is 7.11 Å². The number of methoxy groups -OCH3 is 1. The Hall–Kier alpha value is -1.52. The highest BCUT2D eigenvalue weighted by molar-refractivity contribution is 5.75.